The van der Waals surface area contributed by atoms with E-state index in [0.29, 0.717) is 17.0 Å². The molecule has 0 spiro atoms. The molecule has 3 rings (SSSR count). The first-order valence-electron chi connectivity index (χ1n) is 7.52. The number of amidine groups is 1. The van der Waals surface area contributed by atoms with E-state index in [1.165, 1.54) is 30.6 Å². The number of ether oxygens (including phenoxy) is 1. The van der Waals surface area contributed by atoms with Crippen molar-refractivity contribution >= 4 is 17.3 Å². The molecule has 1 aromatic heterocycles. The van der Waals surface area contributed by atoms with Gasteiger partial charge in [-0.3, -0.25) is 0 Å². The Morgan fingerprint density at radius 1 is 1.30 bits per heavy atom. The van der Waals surface area contributed by atoms with Crippen LogP contribution in [-0.4, -0.2) is 27.5 Å². The summed E-state index contributed by atoms with van der Waals surface area (Å²) in [5, 5.41) is 26.9. The molecule has 1 aliphatic rings. The molecule has 8 nitrogen and oxygen atoms in total. The standard InChI is InChI=1S/C16H14F3N5O3/c17-16(18,19)9-3-1-8(2-4-9)12-7-22-15(27-12)23-10-5-11(25)13(21-6-10)14(20)24-26/h1-7,15,22-23,25-26H,(H2,20,24). The lowest BCUT2D eigenvalue weighted by molar-refractivity contribution is -0.137. The Hall–Kier alpha value is -3.63. The summed E-state index contributed by atoms with van der Waals surface area (Å²) in [6.45, 7) is 0. The number of anilines is 1. The number of pyridine rings is 1. The Morgan fingerprint density at radius 2 is 2.00 bits per heavy atom. The highest BCUT2D eigenvalue weighted by atomic mass is 19.4. The summed E-state index contributed by atoms with van der Waals surface area (Å²) in [6.07, 6.45) is -2.32. The Labute approximate surface area is 150 Å². The number of halogens is 3. The molecule has 1 atom stereocenters. The first kappa shape index (κ1) is 18.2. The zero-order chi connectivity index (χ0) is 19.6. The van der Waals surface area contributed by atoms with Crippen molar-refractivity contribution in [1.29, 1.82) is 0 Å². The number of aromatic hydroxyl groups is 1. The van der Waals surface area contributed by atoms with Crippen LogP contribution in [0.25, 0.3) is 5.76 Å². The van der Waals surface area contributed by atoms with Crippen molar-refractivity contribution in [2.24, 2.45) is 10.9 Å². The van der Waals surface area contributed by atoms with Crippen LogP contribution in [0, 0.1) is 0 Å². The van der Waals surface area contributed by atoms with E-state index in [-0.39, 0.29) is 17.3 Å². The van der Waals surface area contributed by atoms with E-state index < -0.39 is 18.1 Å². The van der Waals surface area contributed by atoms with Crippen LogP contribution in [0.5, 0.6) is 5.75 Å². The fourth-order valence-electron chi connectivity index (χ4n) is 2.32. The van der Waals surface area contributed by atoms with Crippen molar-refractivity contribution in [2.75, 3.05) is 5.32 Å². The van der Waals surface area contributed by atoms with Gasteiger partial charge in [-0.2, -0.15) is 13.2 Å². The third-order valence-electron chi connectivity index (χ3n) is 3.62. The quantitative estimate of drug-likeness (QED) is 0.238. The molecule has 0 saturated carbocycles. The van der Waals surface area contributed by atoms with Gasteiger partial charge < -0.3 is 31.4 Å². The van der Waals surface area contributed by atoms with Gasteiger partial charge in [0.05, 0.1) is 17.4 Å². The summed E-state index contributed by atoms with van der Waals surface area (Å²) in [4.78, 5) is 3.87. The van der Waals surface area contributed by atoms with E-state index in [4.69, 9.17) is 15.7 Å². The molecule has 1 aromatic carbocycles. The van der Waals surface area contributed by atoms with Gasteiger partial charge in [-0.1, -0.05) is 17.3 Å². The second-order valence-corrected chi connectivity index (χ2v) is 5.47. The fourth-order valence-corrected chi connectivity index (χ4v) is 2.32. The van der Waals surface area contributed by atoms with Gasteiger partial charge in [0.1, 0.15) is 11.5 Å². The number of rotatable bonds is 4. The molecule has 27 heavy (non-hydrogen) atoms. The smallest absolute Gasteiger partial charge is 0.416 e. The summed E-state index contributed by atoms with van der Waals surface area (Å²) < 4.78 is 43.4. The average molecular weight is 381 g/mol. The van der Waals surface area contributed by atoms with Crippen LogP contribution < -0.4 is 16.4 Å². The lowest BCUT2D eigenvalue weighted by Crippen LogP contribution is -2.30. The number of hydrogen-bond acceptors (Lipinski definition) is 7. The molecule has 0 aliphatic carbocycles. The summed E-state index contributed by atoms with van der Waals surface area (Å²) >= 11 is 0. The molecule has 1 aliphatic heterocycles. The maximum atomic E-state index is 12.6. The van der Waals surface area contributed by atoms with Gasteiger partial charge in [-0.05, 0) is 12.1 Å². The molecule has 2 aromatic rings. The Morgan fingerprint density at radius 3 is 2.59 bits per heavy atom. The second kappa shape index (κ2) is 6.94. The lowest BCUT2D eigenvalue weighted by atomic mass is 10.1. The van der Waals surface area contributed by atoms with Gasteiger partial charge in [0.2, 0.25) is 6.35 Å². The van der Waals surface area contributed by atoms with Crippen molar-refractivity contribution in [3.05, 3.63) is 59.5 Å². The molecule has 142 valence electrons. The zero-order valence-electron chi connectivity index (χ0n) is 13.5. The minimum absolute atomic E-state index is 0.0908. The highest BCUT2D eigenvalue weighted by Gasteiger charge is 2.30. The Kier molecular flexibility index (Phi) is 4.67. The normalized spacial score (nSPS) is 17.1. The van der Waals surface area contributed by atoms with E-state index in [1.807, 2.05) is 0 Å². The third-order valence-corrected chi connectivity index (χ3v) is 3.62. The van der Waals surface area contributed by atoms with Crippen LogP contribution in [-0.2, 0) is 10.9 Å². The first-order chi connectivity index (χ1) is 12.8. The Bertz CT molecular complexity index is 897. The summed E-state index contributed by atoms with van der Waals surface area (Å²) in [7, 11) is 0. The molecule has 0 fully saturated rings. The molecule has 0 bridgehead atoms. The number of nitrogens with two attached hydrogens (primary N) is 1. The van der Waals surface area contributed by atoms with Crippen molar-refractivity contribution in [1.82, 2.24) is 10.3 Å². The number of benzene rings is 1. The van der Waals surface area contributed by atoms with Gasteiger partial charge in [0.15, 0.2) is 11.5 Å². The zero-order valence-corrected chi connectivity index (χ0v) is 13.5. The number of nitrogens with one attached hydrogen (secondary N) is 2. The molecule has 0 amide bonds. The van der Waals surface area contributed by atoms with E-state index in [0.717, 1.165) is 12.1 Å². The largest absolute Gasteiger partial charge is 0.505 e. The third kappa shape index (κ3) is 3.97. The molecular weight excluding hydrogens is 367 g/mol. The highest BCUT2D eigenvalue weighted by molar-refractivity contribution is 5.97. The maximum Gasteiger partial charge on any atom is 0.416 e. The van der Waals surface area contributed by atoms with Crippen LogP contribution in [0.15, 0.2) is 47.9 Å². The summed E-state index contributed by atoms with van der Waals surface area (Å²) in [5.74, 6) is -0.323. The fraction of sp³-hybridized carbons (Fsp3) is 0.125. The maximum absolute atomic E-state index is 12.6. The second-order valence-electron chi connectivity index (χ2n) is 5.47. The van der Waals surface area contributed by atoms with Crippen LogP contribution in [0.3, 0.4) is 0 Å². The van der Waals surface area contributed by atoms with E-state index in [1.54, 1.807) is 0 Å². The number of hydrogen-bond donors (Lipinski definition) is 5. The molecule has 1 unspecified atom stereocenters. The van der Waals surface area contributed by atoms with E-state index in [2.05, 4.69) is 20.8 Å². The van der Waals surface area contributed by atoms with Crippen LogP contribution >= 0.6 is 0 Å². The lowest BCUT2D eigenvalue weighted by Gasteiger charge is -2.16. The first-order valence-corrected chi connectivity index (χ1v) is 7.52. The number of aromatic nitrogens is 1. The molecule has 11 heteroatoms. The van der Waals surface area contributed by atoms with Crippen molar-refractivity contribution in [3.8, 4) is 5.75 Å². The van der Waals surface area contributed by atoms with Crippen LogP contribution in [0.2, 0.25) is 0 Å². The van der Waals surface area contributed by atoms with Gasteiger partial charge in [-0.15, -0.1) is 0 Å². The van der Waals surface area contributed by atoms with Gasteiger partial charge in [0, 0.05) is 17.8 Å². The van der Waals surface area contributed by atoms with Crippen molar-refractivity contribution in [2.45, 2.75) is 12.5 Å². The Balaban J connectivity index is 1.65. The minimum atomic E-state index is -4.41. The molecule has 0 radical (unpaired) electrons. The summed E-state index contributed by atoms with van der Waals surface area (Å²) in [5.41, 5.74) is 5.35. The van der Waals surface area contributed by atoms with Gasteiger partial charge >= 0.3 is 6.18 Å². The topological polar surface area (TPSA) is 125 Å². The van der Waals surface area contributed by atoms with Crippen LogP contribution in [0.4, 0.5) is 18.9 Å². The SMILES string of the molecule is N/C(=N\O)c1ncc(NC2NC=C(c3ccc(C(F)(F)F)cc3)O2)cc1O. The summed E-state index contributed by atoms with van der Waals surface area (Å²) in [6, 6.07) is 5.83. The van der Waals surface area contributed by atoms with E-state index in [9.17, 15) is 18.3 Å². The highest BCUT2D eigenvalue weighted by Crippen LogP contribution is 2.31. The van der Waals surface area contributed by atoms with Crippen molar-refractivity contribution in [3.63, 3.8) is 0 Å². The van der Waals surface area contributed by atoms with E-state index >= 15 is 0 Å². The molecule has 0 saturated heterocycles. The molecule has 6 N–H and O–H groups in total. The minimum Gasteiger partial charge on any atom is -0.505 e. The number of alkyl halides is 3. The molecule has 2 heterocycles. The van der Waals surface area contributed by atoms with Crippen LogP contribution in [0.1, 0.15) is 16.8 Å². The number of oxime groups is 1. The van der Waals surface area contributed by atoms with Gasteiger partial charge in [-0.25, -0.2) is 4.98 Å². The van der Waals surface area contributed by atoms with Gasteiger partial charge in [0.25, 0.3) is 0 Å². The average Bonchev–Trinajstić information content (AvgIpc) is 3.09. The molecular formula is C16H14F3N5O3. The predicted molar refractivity (Wildman–Crippen MR) is 89.5 cm³/mol. The number of nitrogens with zero attached hydrogens (tertiary/aromatic N) is 2. The monoisotopic (exact) mass is 381 g/mol. The van der Waals surface area contributed by atoms with Crippen molar-refractivity contribution < 1.29 is 28.2 Å². The predicted octanol–water partition coefficient (Wildman–Crippen LogP) is 2.21.